The van der Waals surface area contributed by atoms with E-state index in [2.05, 4.69) is 28.3 Å². The lowest BCUT2D eigenvalue weighted by atomic mass is 10.1. The van der Waals surface area contributed by atoms with E-state index >= 15 is 0 Å². The van der Waals surface area contributed by atoms with E-state index in [-0.39, 0.29) is 0 Å². The lowest BCUT2D eigenvalue weighted by Gasteiger charge is -2.30. The summed E-state index contributed by atoms with van der Waals surface area (Å²) in [6.45, 7) is 3.46. The van der Waals surface area contributed by atoms with Crippen LogP contribution in [0.15, 0.2) is 24.4 Å². The Morgan fingerprint density at radius 3 is 2.80 bits per heavy atom. The summed E-state index contributed by atoms with van der Waals surface area (Å²) in [5.74, 6) is 0. The number of hydrogen-bond acceptors (Lipinski definition) is 3. The van der Waals surface area contributed by atoms with Gasteiger partial charge in [-0.25, -0.2) is 0 Å². The van der Waals surface area contributed by atoms with Crippen LogP contribution < -0.4 is 0 Å². The van der Waals surface area contributed by atoms with E-state index in [1.165, 1.54) is 31.6 Å². The minimum atomic E-state index is 0.880. The average molecular weight is 222 g/mol. The van der Waals surface area contributed by atoms with Gasteiger partial charge >= 0.3 is 0 Å². The predicted octanol–water partition coefficient (Wildman–Crippen LogP) is 2.41. The maximum Gasteiger partial charge on any atom is 0.0543 e. The van der Waals surface area contributed by atoms with Gasteiger partial charge in [-0.1, -0.05) is 6.07 Å². The van der Waals surface area contributed by atoms with E-state index in [4.69, 9.17) is 0 Å². The highest BCUT2D eigenvalue weighted by Crippen LogP contribution is 2.21. The Morgan fingerprint density at radius 1 is 1.40 bits per heavy atom. The molecule has 0 saturated carbocycles. The van der Waals surface area contributed by atoms with Gasteiger partial charge in [0.05, 0.1) is 5.69 Å². The fourth-order valence-electron chi connectivity index (χ4n) is 2.02. The highest BCUT2D eigenvalue weighted by atomic mass is 32.2. The van der Waals surface area contributed by atoms with Crippen LogP contribution in [0.5, 0.6) is 0 Å². The normalized spacial score (nSPS) is 19.3. The first-order valence-electron chi connectivity index (χ1n) is 5.53. The van der Waals surface area contributed by atoms with E-state index in [1.807, 2.05) is 24.0 Å². The molecule has 82 valence electrons. The van der Waals surface area contributed by atoms with Crippen molar-refractivity contribution >= 4 is 11.8 Å². The molecule has 3 heteroatoms. The van der Waals surface area contributed by atoms with Gasteiger partial charge in [0.15, 0.2) is 0 Å². The van der Waals surface area contributed by atoms with Gasteiger partial charge in [0.25, 0.3) is 0 Å². The fourth-order valence-corrected chi connectivity index (χ4v) is 2.71. The molecule has 0 bridgehead atoms. The monoisotopic (exact) mass is 222 g/mol. The zero-order valence-electron chi connectivity index (χ0n) is 9.22. The molecular weight excluding hydrogens is 204 g/mol. The van der Waals surface area contributed by atoms with Gasteiger partial charge < -0.3 is 0 Å². The second-order valence-electron chi connectivity index (χ2n) is 4.03. The smallest absolute Gasteiger partial charge is 0.0543 e. The Bertz CT molecular complexity index is 281. The SMILES string of the molecule is CSC1CCN(Cc2ccccn2)CC1. The lowest BCUT2D eigenvalue weighted by molar-refractivity contribution is 0.222. The topological polar surface area (TPSA) is 16.1 Å². The van der Waals surface area contributed by atoms with E-state index in [0.29, 0.717) is 0 Å². The minimum Gasteiger partial charge on any atom is -0.297 e. The zero-order valence-corrected chi connectivity index (χ0v) is 10.0. The van der Waals surface area contributed by atoms with Crippen LogP contribution in [0.2, 0.25) is 0 Å². The second-order valence-corrected chi connectivity index (χ2v) is 5.17. The summed E-state index contributed by atoms with van der Waals surface area (Å²) in [6, 6.07) is 6.15. The fraction of sp³-hybridized carbons (Fsp3) is 0.583. The van der Waals surface area contributed by atoms with Gasteiger partial charge in [0.1, 0.15) is 0 Å². The van der Waals surface area contributed by atoms with Crippen LogP contribution in [-0.2, 0) is 6.54 Å². The standard InChI is InChI=1S/C12H18N2S/c1-15-12-5-8-14(9-6-12)10-11-4-2-3-7-13-11/h2-4,7,12H,5-6,8-10H2,1H3. The Kier molecular flexibility index (Phi) is 4.03. The molecule has 0 atom stereocenters. The Balaban J connectivity index is 1.82. The van der Waals surface area contributed by atoms with Crippen molar-refractivity contribution in [2.24, 2.45) is 0 Å². The average Bonchev–Trinajstić information content (AvgIpc) is 2.31. The maximum atomic E-state index is 4.37. The Morgan fingerprint density at radius 2 is 2.20 bits per heavy atom. The van der Waals surface area contributed by atoms with Gasteiger partial charge in [-0.15, -0.1) is 0 Å². The highest BCUT2D eigenvalue weighted by Gasteiger charge is 2.18. The van der Waals surface area contributed by atoms with Gasteiger partial charge in [-0.3, -0.25) is 9.88 Å². The van der Waals surface area contributed by atoms with E-state index in [9.17, 15) is 0 Å². The molecule has 0 amide bonds. The van der Waals surface area contributed by atoms with Crippen LogP contribution in [0, 0.1) is 0 Å². The van der Waals surface area contributed by atoms with Crippen LogP contribution in [-0.4, -0.2) is 34.5 Å². The van der Waals surface area contributed by atoms with Crippen molar-refractivity contribution in [1.29, 1.82) is 0 Å². The third kappa shape index (κ3) is 3.21. The first-order chi connectivity index (χ1) is 7.38. The number of rotatable bonds is 3. The maximum absolute atomic E-state index is 4.37. The third-order valence-corrected chi connectivity index (χ3v) is 4.12. The number of likely N-dealkylation sites (tertiary alicyclic amines) is 1. The van der Waals surface area contributed by atoms with Crippen LogP contribution >= 0.6 is 11.8 Å². The molecule has 0 aliphatic carbocycles. The van der Waals surface area contributed by atoms with Gasteiger partial charge in [-0.05, 0) is 44.3 Å². The van der Waals surface area contributed by atoms with Crippen molar-refractivity contribution in [3.05, 3.63) is 30.1 Å². The number of pyridine rings is 1. The first kappa shape index (κ1) is 11.0. The molecular formula is C12H18N2S. The van der Waals surface area contributed by atoms with Crippen molar-refractivity contribution in [3.63, 3.8) is 0 Å². The number of aromatic nitrogens is 1. The van der Waals surface area contributed by atoms with Crippen molar-refractivity contribution in [1.82, 2.24) is 9.88 Å². The largest absolute Gasteiger partial charge is 0.297 e. The van der Waals surface area contributed by atoms with Crippen molar-refractivity contribution in [2.45, 2.75) is 24.6 Å². The first-order valence-corrected chi connectivity index (χ1v) is 6.82. The molecule has 0 N–H and O–H groups in total. The van der Waals surface area contributed by atoms with Gasteiger partial charge in [0.2, 0.25) is 0 Å². The van der Waals surface area contributed by atoms with E-state index < -0.39 is 0 Å². The minimum absolute atomic E-state index is 0.880. The van der Waals surface area contributed by atoms with Crippen molar-refractivity contribution < 1.29 is 0 Å². The highest BCUT2D eigenvalue weighted by molar-refractivity contribution is 7.99. The van der Waals surface area contributed by atoms with Crippen LogP contribution in [0.4, 0.5) is 0 Å². The molecule has 1 aliphatic rings. The molecule has 0 unspecified atom stereocenters. The summed E-state index contributed by atoms with van der Waals surface area (Å²) in [7, 11) is 0. The Hall–Kier alpha value is -0.540. The second kappa shape index (κ2) is 5.52. The summed E-state index contributed by atoms with van der Waals surface area (Å²) in [6.07, 6.45) is 6.76. The van der Waals surface area contributed by atoms with Crippen LogP contribution in [0.1, 0.15) is 18.5 Å². The molecule has 1 fully saturated rings. The van der Waals surface area contributed by atoms with Crippen LogP contribution in [0.3, 0.4) is 0 Å². The zero-order chi connectivity index (χ0) is 10.5. The molecule has 2 rings (SSSR count). The molecule has 0 spiro atoms. The summed E-state index contributed by atoms with van der Waals surface area (Å²) < 4.78 is 0. The molecule has 0 aromatic carbocycles. The van der Waals surface area contributed by atoms with Crippen LogP contribution in [0.25, 0.3) is 0 Å². The van der Waals surface area contributed by atoms with Gasteiger partial charge in [0, 0.05) is 18.0 Å². The number of thioether (sulfide) groups is 1. The predicted molar refractivity (Wildman–Crippen MR) is 66.1 cm³/mol. The third-order valence-electron chi connectivity index (χ3n) is 2.98. The molecule has 0 radical (unpaired) electrons. The van der Waals surface area contributed by atoms with Crippen molar-refractivity contribution in [3.8, 4) is 0 Å². The summed E-state index contributed by atoms with van der Waals surface area (Å²) >= 11 is 2.01. The Labute approximate surface area is 96.1 Å². The number of nitrogens with zero attached hydrogens (tertiary/aromatic N) is 2. The summed E-state index contributed by atoms with van der Waals surface area (Å²) in [5, 5.41) is 0.880. The molecule has 2 nitrogen and oxygen atoms in total. The summed E-state index contributed by atoms with van der Waals surface area (Å²) in [4.78, 5) is 6.87. The lowest BCUT2D eigenvalue weighted by Crippen LogP contribution is -2.34. The van der Waals surface area contributed by atoms with Crippen molar-refractivity contribution in [2.75, 3.05) is 19.3 Å². The number of piperidine rings is 1. The quantitative estimate of drug-likeness (QED) is 0.781. The summed E-state index contributed by atoms with van der Waals surface area (Å²) in [5.41, 5.74) is 1.19. The molecule has 1 aliphatic heterocycles. The van der Waals surface area contributed by atoms with E-state index in [1.54, 1.807) is 0 Å². The molecule has 15 heavy (non-hydrogen) atoms. The molecule has 1 aromatic heterocycles. The van der Waals surface area contributed by atoms with E-state index in [0.717, 1.165) is 11.8 Å². The number of hydrogen-bond donors (Lipinski definition) is 0. The molecule has 1 saturated heterocycles. The molecule has 2 heterocycles. The molecule has 1 aromatic rings. The van der Waals surface area contributed by atoms with Gasteiger partial charge in [-0.2, -0.15) is 11.8 Å².